The molecule has 2 aromatic heterocycles. The van der Waals surface area contributed by atoms with Crippen LogP contribution in [0.25, 0.3) is 11.0 Å². The van der Waals surface area contributed by atoms with Crippen molar-refractivity contribution >= 4 is 17.0 Å². The van der Waals surface area contributed by atoms with E-state index in [-0.39, 0.29) is 21.8 Å². The van der Waals surface area contributed by atoms with E-state index in [2.05, 4.69) is 10.1 Å². The van der Waals surface area contributed by atoms with Gasteiger partial charge in [-0.1, -0.05) is 0 Å². The second-order valence-electron chi connectivity index (χ2n) is 2.39. The van der Waals surface area contributed by atoms with Crippen molar-refractivity contribution in [3.05, 3.63) is 28.9 Å². The Labute approximate surface area is 72.2 Å². The van der Waals surface area contributed by atoms with Crippen molar-refractivity contribution in [2.75, 3.05) is 5.73 Å². The topological polar surface area (TPSA) is 106 Å². The second kappa shape index (κ2) is 2.41. The lowest BCUT2D eigenvalue weighted by atomic mass is 10.4. The van der Waals surface area contributed by atoms with E-state index in [4.69, 9.17) is 5.73 Å². The van der Waals surface area contributed by atoms with Gasteiger partial charge in [0.15, 0.2) is 5.52 Å². The molecule has 0 fully saturated rings. The Morgan fingerprint density at radius 3 is 2.85 bits per heavy atom. The molecule has 2 N–H and O–H groups in total. The van der Waals surface area contributed by atoms with Gasteiger partial charge >= 0.3 is 11.5 Å². The van der Waals surface area contributed by atoms with Crippen molar-refractivity contribution in [2.45, 2.75) is 0 Å². The molecule has 0 amide bonds. The molecule has 0 unspecified atom stereocenters. The summed E-state index contributed by atoms with van der Waals surface area (Å²) in [6.45, 7) is 0. The molecule has 0 bridgehead atoms. The molecule has 2 rings (SSSR count). The zero-order valence-electron chi connectivity index (χ0n) is 6.41. The molecule has 7 nitrogen and oxygen atoms in total. The predicted molar refractivity (Wildman–Crippen MR) is 41.9 cm³/mol. The maximum Gasteiger partial charge on any atom is 0.458 e. The summed E-state index contributed by atoms with van der Waals surface area (Å²) in [5.74, 6) is -0.381. The molecule has 2 heterocycles. The number of nitrogens with zero attached hydrogens (tertiary/aromatic N) is 4. The fourth-order valence-electron chi connectivity index (χ4n) is 1.01. The summed E-state index contributed by atoms with van der Waals surface area (Å²) in [7, 11) is 0. The lowest BCUT2D eigenvalue weighted by Gasteiger charge is -2.05. The average molecular weight is 179 g/mol. The van der Waals surface area contributed by atoms with Crippen molar-refractivity contribution in [1.82, 2.24) is 10.1 Å². The van der Waals surface area contributed by atoms with Gasteiger partial charge in [-0.15, -0.1) is 0 Å². The molecule has 0 spiro atoms. The van der Waals surface area contributed by atoms with Crippen molar-refractivity contribution in [2.24, 2.45) is 0 Å². The van der Waals surface area contributed by atoms with Crippen LogP contribution in [-0.2, 0) is 0 Å². The highest BCUT2D eigenvalue weighted by molar-refractivity contribution is 5.65. The molecule has 2 aromatic rings. The van der Waals surface area contributed by atoms with Gasteiger partial charge in [0, 0.05) is 17.1 Å². The number of pyridine rings is 1. The summed E-state index contributed by atoms with van der Waals surface area (Å²) >= 11 is 0. The Kier molecular flexibility index (Phi) is 1.38. The van der Waals surface area contributed by atoms with E-state index in [1.54, 1.807) is 0 Å². The Bertz CT molecular complexity index is 472. The second-order valence-corrected chi connectivity index (χ2v) is 2.39. The van der Waals surface area contributed by atoms with Gasteiger partial charge in [0.25, 0.3) is 0 Å². The SMILES string of the molecule is Nc1n[n+]([O-])c2cnccc2[n+]1[O-]. The summed E-state index contributed by atoms with van der Waals surface area (Å²) < 4.78 is 0.380. The summed E-state index contributed by atoms with van der Waals surface area (Å²) in [6.07, 6.45) is 2.65. The first kappa shape index (κ1) is 7.47. The fraction of sp³-hybridized carbons (Fsp3) is 0. The quantitative estimate of drug-likeness (QED) is 0.390. The molecule has 0 atom stereocenters. The lowest BCUT2D eigenvalue weighted by Crippen LogP contribution is -2.44. The Morgan fingerprint density at radius 1 is 1.31 bits per heavy atom. The van der Waals surface area contributed by atoms with E-state index >= 15 is 0 Å². The monoisotopic (exact) mass is 179 g/mol. The van der Waals surface area contributed by atoms with E-state index in [1.807, 2.05) is 0 Å². The standard InChI is InChI=1S/C6H5N5O2/c7-6-9-11(13)5-3-8-2-1-4(5)10(6)12/h1-3H,(H2,7,9). The average Bonchev–Trinajstić information content (AvgIpc) is 2.15. The Hall–Kier alpha value is -2.18. The molecule has 0 radical (unpaired) electrons. The smallest absolute Gasteiger partial charge is 0.458 e. The van der Waals surface area contributed by atoms with Gasteiger partial charge < -0.3 is 10.4 Å². The lowest BCUT2D eigenvalue weighted by molar-refractivity contribution is -0.672. The molecule has 0 saturated carbocycles. The maximum atomic E-state index is 11.2. The third-order valence-corrected chi connectivity index (χ3v) is 1.60. The summed E-state index contributed by atoms with van der Waals surface area (Å²) in [4.78, 5) is 3.96. The Morgan fingerprint density at radius 2 is 2.08 bits per heavy atom. The fourth-order valence-corrected chi connectivity index (χ4v) is 1.01. The van der Waals surface area contributed by atoms with Gasteiger partial charge in [0.1, 0.15) is 6.20 Å². The van der Waals surface area contributed by atoms with Crippen LogP contribution in [0.4, 0.5) is 5.95 Å². The first-order valence-corrected chi connectivity index (χ1v) is 3.43. The van der Waals surface area contributed by atoms with Crippen molar-refractivity contribution in [3.63, 3.8) is 0 Å². The highest BCUT2D eigenvalue weighted by Crippen LogP contribution is 2.00. The molecule has 0 aliphatic rings. The molecular weight excluding hydrogens is 174 g/mol. The molecule has 7 heteroatoms. The maximum absolute atomic E-state index is 11.2. The number of hydrogen-bond donors (Lipinski definition) is 1. The number of aromatic nitrogens is 4. The third-order valence-electron chi connectivity index (χ3n) is 1.60. The molecule has 66 valence electrons. The predicted octanol–water partition coefficient (Wildman–Crippen LogP) is -1.52. The van der Waals surface area contributed by atoms with Gasteiger partial charge in [0.05, 0.1) is 0 Å². The largest absolute Gasteiger partial charge is 0.739 e. The van der Waals surface area contributed by atoms with Gasteiger partial charge in [0.2, 0.25) is 5.10 Å². The van der Waals surface area contributed by atoms with Crippen LogP contribution in [0.2, 0.25) is 0 Å². The minimum Gasteiger partial charge on any atom is -0.739 e. The zero-order chi connectivity index (χ0) is 9.42. The molecule has 13 heavy (non-hydrogen) atoms. The third kappa shape index (κ3) is 0.975. The molecule has 0 aliphatic heterocycles. The highest BCUT2D eigenvalue weighted by atomic mass is 16.5. The number of nitrogen functional groups attached to an aromatic ring is 1. The van der Waals surface area contributed by atoms with Crippen LogP contribution < -0.4 is 15.3 Å². The molecule has 0 aliphatic carbocycles. The van der Waals surface area contributed by atoms with Crippen molar-refractivity contribution in [1.29, 1.82) is 0 Å². The van der Waals surface area contributed by atoms with Crippen LogP contribution in [0.3, 0.4) is 0 Å². The minimum atomic E-state index is -0.381. The van der Waals surface area contributed by atoms with Crippen LogP contribution in [0.15, 0.2) is 18.5 Å². The van der Waals surface area contributed by atoms with Crippen molar-refractivity contribution < 1.29 is 9.58 Å². The van der Waals surface area contributed by atoms with Gasteiger partial charge in [-0.05, 0) is 0 Å². The van der Waals surface area contributed by atoms with Crippen LogP contribution >= 0.6 is 0 Å². The van der Waals surface area contributed by atoms with E-state index in [0.29, 0.717) is 4.73 Å². The van der Waals surface area contributed by atoms with Crippen LogP contribution in [0.1, 0.15) is 0 Å². The van der Waals surface area contributed by atoms with E-state index in [0.717, 1.165) is 0 Å². The van der Waals surface area contributed by atoms with Crippen LogP contribution in [-0.4, -0.2) is 10.1 Å². The first-order chi connectivity index (χ1) is 6.20. The van der Waals surface area contributed by atoms with Crippen LogP contribution in [0.5, 0.6) is 0 Å². The van der Waals surface area contributed by atoms with Gasteiger partial charge in [-0.3, -0.25) is 10.7 Å². The van der Waals surface area contributed by atoms with E-state index < -0.39 is 0 Å². The molecule has 0 saturated heterocycles. The van der Waals surface area contributed by atoms with E-state index in [9.17, 15) is 10.4 Å². The minimum absolute atomic E-state index is 0.0895. The summed E-state index contributed by atoms with van der Waals surface area (Å²) in [6, 6.07) is 1.40. The van der Waals surface area contributed by atoms with Crippen LogP contribution in [0, 0.1) is 10.4 Å². The Balaban J connectivity index is 2.97. The van der Waals surface area contributed by atoms with E-state index in [1.165, 1.54) is 18.5 Å². The number of nitrogens with two attached hydrogens (primary N) is 1. The highest BCUT2D eigenvalue weighted by Gasteiger charge is 2.15. The summed E-state index contributed by atoms with van der Waals surface area (Å²) in [5.41, 5.74) is 5.42. The summed E-state index contributed by atoms with van der Waals surface area (Å²) in [5, 5.41) is 25.6. The van der Waals surface area contributed by atoms with Gasteiger partial charge in [-0.25, -0.2) is 4.73 Å². The van der Waals surface area contributed by atoms with Gasteiger partial charge in [-0.2, -0.15) is 0 Å². The number of rotatable bonds is 0. The number of hydrogen-bond acceptors (Lipinski definition) is 5. The first-order valence-electron chi connectivity index (χ1n) is 3.43. The molecular formula is C6H5N5O2. The van der Waals surface area contributed by atoms with Crippen molar-refractivity contribution in [3.8, 4) is 0 Å². The zero-order valence-corrected chi connectivity index (χ0v) is 6.41. The normalized spacial score (nSPS) is 10.5. The molecule has 0 aromatic carbocycles. The number of fused-ring (bicyclic) bond motifs is 1. The number of anilines is 1.